The first-order valence-corrected chi connectivity index (χ1v) is 9.36. The average molecular weight is 353 g/mol. The molecule has 24 heavy (non-hydrogen) atoms. The normalized spacial score (nSPS) is 27.6. The second-order valence-electron chi connectivity index (χ2n) is 6.37. The van der Waals surface area contributed by atoms with E-state index < -0.39 is 28.0 Å². The summed E-state index contributed by atoms with van der Waals surface area (Å²) in [6.45, 7) is 0. The lowest BCUT2D eigenvalue weighted by Crippen LogP contribution is -2.46. The Morgan fingerprint density at radius 3 is 2.25 bits per heavy atom. The fourth-order valence-electron chi connectivity index (χ4n) is 3.87. The molecule has 3 atom stereocenters. The topological polar surface area (TPSA) is 112 Å². The molecule has 0 radical (unpaired) electrons. The summed E-state index contributed by atoms with van der Waals surface area (Å²) in [6, 6.07) is 3.56. The molecule has 7 nitrogen and oxygen atoms in total. The van der Waals surface area contributed by atoms with Crippen molar-refractivity contribution >= 4 is 22.0 Å². The Morgan fingerprint density at radius 2 is 1.67 bits per heavy atom. The zero-order valence-corrected chi connectivity index (χ0v) is 13.8. The number of hydrogen-bond donors (Lipinski definition) is 2. The van der Waals surface area contributed by atoms with Crippen LogP contribution in [0.4, 0.5) is 0 Å². The van der Waals surface area contributed by atoms with Crippen molar-refractivity contribution < 1.29 is 28.2 Å². The van der Waals surface area contributed by atoms with Crippen LogP contribution in [-0.2, 0) is 14.8 Å². The molecule has 2 aliphatic rings. The lowest BCUT2D eigenvalue weighted by atomic mass is 9.85. The van der Waals surface area contributed by atoms with Crippen LogP contribution in [0.15, 0.2) is 29.2 Å². The van der Waals surface area contributed by atoms with Crippen molar-refractivity contribution in [1.82, 2.24) is 4.31 Å². The highest BCUT2D eigenvalue weighted by Crippen LogP contribution is 2.42. The largest absolute Gasteiger partial charge is 0.480 e. The van der Waals surface area contributed by atoms with E-state index in [0.717, 1.165) is 23.6 Å². The van der Waals surface area contributed by atoms with Crippen molar-refractivity contribution in [1.29, 1.82) is 0 Å². The van der Waals surface area contributed by atoms with E-state index in [-0.39, 0.29) is 22.4 Å². The monoisotopic (exact) mass is 353 g/mol. The number of nitrogens with zero attached hydrogens (tertiary/aromatic N) is 1. The summed E-state index contributed by atoms with van der Waals surface area (Å²) < 4.78 is 27.1. The van der Waals surface area contributed by atoms with E-state index in [2.05, 4.69) is 0 Å². The van der Waals surface area contributed by atoms with Gasteiger partial charge in [-0.1, -0.05) is 12.8 Å². The van der Waals surface area contributed by atoms with Gasteiger partial charge in [-0.3, -0.25) is 4.79 Å². The Balaban J connectivity index is 1.99. The van der Waals surface area contributed by atoms with E-state index in [1.54, 1.807) is 0 Å². The molecule has 0 spiro atoms. The molecule has 1 aliphatic heterocycles. The second kappa shape index (κ2) is 6.18. The first-order valence-electron chi connectivity index (χ1n) is 7.92. The van der Waals surface area contributed by atoms with E-state index in [0.29, 0.717) is 12.8 Å². The molecule has 0 amide bonds. The van der Waals surface area contributed by atoms with Gasteiger partial charge in [-0.15, -0.1) is 0 Å². The van der Waals surface area contributed by atoms with Gasteiger partial charge in [-0.05, 0) is 49.4 Å². The molecule has 1 aliphatic carbocycles. The highest BCUT2D eigenvalue weighted by atomic mass is 32.2. The highest BCUT2D eigenvalue weighted by Gasteiger charge is 2.51. The lowest BCUT2D eigenvalue weighted by Gasteiger charge is -2.32. The maximum Gasteiger partial charge on any atom is 0.335 e. The van der Waals surface area contributed by atoms with Crippen LogP contribution in [0, 0.1) is 5.92 Å². The van der Waals surface area contributed by atoms with Gasteiger partial charge in [0.1, 0.15) is 6.04 Å². The minimum atomic E-state index is -3.99. The van der Waals surface area contributed by atoms with Gasteiger partial charge in [0.05, 0.1) is 10.5 Å². The Labute approximate surface area is 140 Å². The van der Waals surface area contributed by atoms with Crippen molar-refractivity contribution in [2.45, 2.75) is 49.1 Å². The van der Waals surface area contributed by atoms with Gasteiger partial charge in [0.2, 0.25) is 10.0 Å². The summed E-state index contributed by atoms with van der Waals surface area (Å²) in [5, 5.41) is 18.4. The quantitative estimate of drug-likeness (QED) is 0.853. The van der Waals surface area contributed by atoms with E-state index >= 15 is 0 Å². The summed E-state index contributed by atoms with van der Waals surface area (Å²) in [4.78, 5) is 22.4. The van der Waals surface area contributed by atoms with E-state index in [1.165, 1.54) is 24.3 Å². The number of benzene rings is 1. The number of carboxylic acid groups (broad SMARTS) is 2. The summed E-state index contributed by atoms with van der Waals surface area (Å²) in [7, 11) is -3.99. The third-order valence-electron chi connectivity index (χ3n) is 4.99. The molecule has 2 N–H and O–H groups in total. The van der Waals surface area contributed by atoms with Crippen molar-refractivity contribution in [2.24, 2.45) is 5.92 Å². The van der Waals surface area contributed by atoms with Gasteiger partial charge < -0.3 is 10.2 Å². The fourth-order valence-corrected chi connectivity index (χ4v) is 5.74. The number of aliphatic carboxylic acids is 1. The van der Waals surface area contributed by atoms with Crippen LogP contribution in [0.3, 0.4) is 0 Å². The Hall–Kier alpha value is -1.93. The van der Waals surface area contributed by atoms with Gasteiger partial charge in [0, 0.05) is 6.04 Å². The number of aromatic carboxylic acids is 1. The number of rotatable bonds is 4. The predicted octanol–water partition coefficient (Wildman–Crippen LogP) is 1.79. The van der Waals surface area contributed by atoms with Crippen LogP contribution in [0.1, 0.15) is 42.5 Å². The standard InChI is InChI=1S/C16H19NO6S/c18-15(19)10-5-7-12(8-6-10)24(22,23)17-13-4-2-1-3-11(13)9-14(17)16(20)21/h5-8,11,13-14H,1-4,9H2,(H,18,19)(H,20,21)/t11-,13+,14-/m0/s1. The fraction of sp³-hybridized carbons (Fsp3) is 0.500. The van der Waals surface area contributed by atoms with Gasteiger partial charge in [-0.2, -0.15) is 4.31 Å². The smallest absolute Gasteiger partial charge is 0.335 e. The molecule has 130 valence electrons. The van der Waals surface area contributed by atoms with Gasteiger partial charge >= 0.3 is 11.9 Å². The van der Waals surface area contributed by atoms with Gasteiger partial charge in [0.15, 0.2) is 0 Å². The summed E-state index contributed by atoms with van der Waals surface area (Å²) >= 11 is 0. The number of sulfonamides is 1. The predicted molar refractivity (Wildman–Crippen MR) is 84.2 cm³/mol. The molecule has 3 rings (SSSR count). The molecular weight excluding hydrogens is 334 g/mol. The van der Waals surface area contributed by atoms with E-state index in [1.807, 2.05) is 0 Å². The van der Waals surface area contributed by atoms with Crippen molar-refractivity contribution in [3.05, 3.63) is 29.8 Å². The Morgan fingerprint density at radius 1 is 1.04 bits per heavy atom. The number of fused-ring (bicyclic) bond motifs is 1. The average Bonchev–Trinajstić information content (AvgIpc) is 2.95. The van der Waals surface area contributed by atoms with Crippen LogP contribution in [0.25, 0.3) is 0 Å². The van der Waals surface area contributed by atoms with Crippen LogP contribution in [-0.4, -0.2) is 47.0 Å². The SMILES string of the molecule is O=C(O)c1ccc(S(=O)(=O)N2[C@@H]3CCCC[C@H]3C[C@H]2C(=O)O)cc1. The molecule has 1 saturated carbocycles. The Kier molecular flexibility index (Phi) is 4.35. The summed E-state index contributed by atoms with van der Waals surface area (Å²) in [5.74, 6) is -2.20. The third-order valence-corrected chi connectivity index (χ3v) is 6.94. The number of carbonyl (C=O) groups is 2. The molecule has 1 saturated heterocycles. The van der Waals surface area contributed by atoms with Gasteiger partial charge in [-0.25, -0.2) is 13.2 Å². The van der Waals surface area contributed by atoms with Crippen LogP contribution >= 0.6 is 0 Å². The summed E-state index contributed by atoms with van der Waals surface area (Å²) in [6.07, 6.45) is 3.73. The number of carboxylic acids is 2. The van der Waals surface area contributed by atoms with Crippen LogP contribution in [0.2, 0.25) is 0 Å². The zero-order valence-electron chi connectivity index (χ0n) is 13.0. The molecule has 0 unspecified atom stereocenters. The van der Waals surface area contributed by atoms with Crippen molar-refractivity contribution in [3.8, 4) is 0 Å². The molecule has 1 aromatic carbocycles. The third kappa shape index (κ3) is 2.80. The molecule has 1 aromatic rings. The first kappa shape index (κ1) is 16.9. The summed E-state index contributed by atoms with van der Waals surface area (Å²) in [5.41, 5.74) is -0.0132. The number of hydrogen-bond acceptors (Lipinski definition) is 4. The minimum absolute atomic E-state index is 0.0132. The zero-order chi connectivity index (χ0) is 17.5. The first-order chi connectivity index (χ1) is 11.3. The lowest BCUT2D eigenvalue weighted by molar-refractivity contribution is -0.141. The van der Waals surface area contributed by atoms with E-state index in [9.17, 15) is 23.1 Å². The van der Waals surface area contributed by atoms with Crippen molar-refractivity contribution in [2.75, 3.05) is 0 Å². The maximum atomic E-state index is 13.0. The minimum Gasteiger partial charge on any atom is -0.480 e. The molecular formula is C16H19NO6S. The van der Waals surface area contributed by atoms with Crippen LogP contribution < -0.4 is 0 Å². The molecule has 0 bridgehead atoms. The van der Waals surface area contributed by atoms with E-state index in [4.69, 9.17) is 5.11 Å². The molecule has 1 heterocycles. The van der Waals surface area contributed by atoms with Crippen molar-refractivity contribution in [3.63, 3.8) is 0 Å². The molecule has 2 fully saturated rings. The van der Waals surface area contributed by atoms with Gasteiger partial charge in [0.25, 0.3) is 0 Å². The Bertz CT molecular complexity index is 757. The molecule has 0 aromatic heterocycles. The maximum absolute atomic E-state index is 13.0. The van der Waals surface area contributed by atoms with Crippen LogP contribution in [0.5, 0.6) is 0 Å². The highest BCUT2D eigenvalue weighted by molar-refractivity contribution is 7.89. The second-order valence-corrected chi connectivity index (χ2v) is 8.21. The molecule has 8 heteroatoms.